The van der Waals surface area contributed by atoms with Crippen molar-refractivity contribution in [1.82, 2.24) is 4.90 Å². The van der Waals surface area contributed by atoms with Gasteiger partial charge in [-0.05, 0) is 37.0 Å². The Bertz CT molecular complexity index is 558. The van der Waals surface area contributed by atoms with Gasteiger partial charge in [-0.1, -0.05) is 39.8 Å². The Morgan fingerprint density at radius 1 is 1.22 bits per heavy atom. The number of piperidine rings is 1. The van der Waals surface area contributed by atoms with Gasteiger partial charge in [0.25, 0.3) is 0 Å². The number of carbonyl (C=O) groups is 2. The largest absolute Gasteiger partial charge is 0.341 e. The number of rotatable bonds is 3. The zero-order chi connectivity index (χ0) is 17.0. The molecule has 1 atom stereocenters. The highest BCUT2D eigenvalue weighted by Crippen LogP contribution is 2.24. The minimum Gasteiger partial charge on any atom is -0.341 e. The Morgan fingerprint density at radius 3 is 2.43 bits per heavy atom. The van der Waals surface area contributed by atoms with Gasteiger partial charge < -0.3 is 10.2 Å². The number of hydrogen-bond acceptors (Lipinski definition) is 2. The SMILES string of the molecule is CCc1ccc(NC(=O)[C@@H]2CCCN(C(=O)C(C)(C)C)C2)cc1. The lowest BCUT2D eigenvalue weighted by atomic mass is 9.91. The van der Waals surface area contributed by atoms with E-state index in [0.717, 1.165) is 31.5 Å². The van der Waals surface area contributed by atoms with Crippen LogP contribution in [0.15, 0.2) is 24.3 Å². The fourth-order valence-electron chi connectivity index (χ4n) is 2.92. The van der Waals surface area contributed by atoms with Crippen molar-refractivity contribution in [2.45, 2.75) is 47.0 Å². The molecule has 1 fully saturated rings. The van der Waals surface area contributed by atoms with Crippen molar-refractivity contribution in [3.8, 4) is 0 Å². The second-order valence-corrected chi connectivity index (χ2v) is 7.38. The molecule has 0 saturated carbocycles. The van der Waals surface area contributed by atoms with Gasteiger partial charge in [0.15, 0.2) is 0 Å². The number of aryl methyl sites for hydroxylation is 1. The summed E-state index contributed by atoms with van der Waals surface area (Å²) in [6, 6.07) is 7.95. The van der Waals surface area contributed by atoms with E-state index in [1.165, 1.54) is 5.56 Å². The topological polar surface area (TPSA) is 49.4 Å². The van der Waals surface area contributed by atoms with Gasteiger partial charge in [0, 0.05) is 24.2 Å². The fraction of sp³-hybridized carbons (Fsp3) is 0.579. The number of benzene rings is 1. The molecule has 2 rings (SSSR count). The minimum absolute atomic E-state index is 0.0145. The number of carbonyl (C=O) groups excluding carboxylic acids is 2. The smallest absolute Gasteiger partial charge is 0.229 e. The molecule has 4 nitrogen and oxygen atoms in total. The van der Waals surface area contributed by atoms with E-state index in [4.69, 9.17) is 0 Å². The van der Waals surface area contributed by atoms with Crippen LogP contribution in [0.2, 0.25) is 0 Å². The second-order valence-electron chi connectivity index (χ2n) is 7.38. The third-order valence-corrected chi connectivity index (χ3v) is 4.35. The lowest BCUT2D eigenvalue weighted by Crippen LogP contribution is -2.47. The van der Waals surface area contributed by atoms with Crippen LogP contribution >= 0.6 is 0 Å². The van der Waals surface area contributed by atoms with Crippen LogP contribution in [0, 0.1) is 11.3 Å². The first kappa shape index (κ1) is 17.5. The summed E-state index contributed by atoms with van der Waals surface area (Å²) in [6.45, 7) is 9.16. The molecule has 126 valence electrons. The van der Waals surface area contributed by atoms with Gasteiger partial charge in [0.1, 0.15) is 0 Å². The van der Waals surface area contributed by atoms with E-state index >= 15 is 0 Å². The van der Waals surface area contributed by atoms with E-state index < -0.39 is 5.41 Å². The highest BCUT2D eigenvalue weighted by molar-refractivity contribution is 5.93. The number of nitrogens with zero attached hydrogens (tertiary/aromatic N) is 1. The van der Waals surface area contributed by atoms with Crippen molar-refractivity contribution in [2.75, 3.05) is 18.4 Å². The maximum absolute atomic E-state index is 12.5. The molecule has 1 aliphatic rings. The first-order valence-corrected chi connectivity index (χ1v) is 8.50. The van der Waals surface area contributed by atoms with Crippen molar-refractivity contribution in [3.05, 3.63) is 29.8 Å². The van der Waals surface area contributed by atoms with Crippen LogP contribution in [0.4, 0.5) is 5.69 Å². The Morgan fingerprint density at radius 2 is 1.87 bits per heavy atom. The number of anilines is 1. The summed E-state index contributed by atoms with van der Waals surface area (Å²) < 4.78 is 0. The molecular formula is C19H28N2O2. The Labute approximate surface area is 139 Å². The predicted octanol–water partition coefficient (Wildman–Crippen LogP) is 3.47. The Kier molecular flexibility index (Phi) is 5.45. The van der Waals surface area contributed by atoms with Crippen molar-refractivity contribution < 1.29 is 9.59 Å². The molecule has 4 heteroatoms. The third kappa shape index (κ3) is 4.57. The van der Waals surface area contributed by atoms with E-state index in [2.05, 4.69) is 12.2 Å². The molecule has 1 aromatic carbocycles. The number of likely N-dealkylation sites (tertiary alicyclic amines) is 1. The molecule has 0 spiro atoms. The van der Waals surface area contributed by atoms with Crippen LogP contribution in [0.5, 0.6) is 0 Å². The molecule has 1 aliphatic heterocycles. The molecule has 2 amide bonds. The molecule has 1 aromatic rings. The van der Waals surface area contributed by atoms with E-state index in [1.54, 1.807) is 0 Å². The molecule has 0 aliphatic carbocycles. The summed E-state index contributed by atoms with van der Waals surface area (Å²) in [7, 11) is 0. The molecule has 1 N–H and O–H groups in total. The van der Waals surface area contributed by atoms with Gasteiger partial charge in [0.2, 0.25) is 11.8 Å². The summed E-state index contributed by atoms with van der Waals surface area (Å²) in [5, 5.41) is 2.98. The Hall–Kier alpha value is -1.84. The predicted molar refractivity (Wildman–Crippen MR) is 93.2 cm³/mol. The van der Waals surface area contributed by atoms with Crippen LogP contribution in [0.1, 0.15) is 46.1 Å². The lowest BCUT2D eigenvalue weighted by Gasteiger charge is -2.35. The van der Waals surface area contributed by atoms with Crippen LogP contribution in [0.25, 0.3) is 0 Å². The van der Waals surface area contributed by atoms with E-state index in [0.29, 0.717) is 6.54 Å². The summed E-state index contributed by atoms with van der Waals surface area (Å²) in [5.41, 5.74) is 1.68. The first-order chi connectivity index (χ1) is 10.8. The summed E-state index contributed by atoms with van der Waals surface area (Å²) in [4.78, 5) is 26.7. The van der Waals surface area contributed by atoms with E-state index in [1.807, 2.05) is 49.9 Å². The highest BCUT2D eigenvalue weighted by atomic mass is 16.2. The number of nitrogens with one attached hydrogen (secondary N) is 1. The van der Waals surface area contributed by atoms with Crippen LogP contribution in [0.3, 0.4) is 0 Å². The maximum atomic E-state index is 12.5. The highest BCUT2D eigenvalue weighted by Gasteiger charge is 2.33. The Balaban J connectivity index is 1.97. The normalized spacial score (nSPS) is 18.6. The van der Waals surface area contributed by atoms with E-state index in [9.17, 15) is 9.59 Å². The van der Waals surface area contributed by atoms with Crippen molar-refractivity contribution in [3.63, 3.8) is 0 Å². The van der Waals surface area contributed by atoms with Gasteiger partial charge in [-0.25, -0.2) is 0 Å². The van der Waals surface area contributed by atoms with Crippen molar-refractivity contribution in [1.29, 1.82) is 0 Å². The van der Waals surface area contributed by atoms with Gasteiger partial charge >= 0.3 is 0 Å². The molecular weight excluding hydrogens is 288 g/mol. The van der Waals surface area contributed by atoms with Gasteiger partial charge in [0.05, 0.1) is 5.92 Å². The summed E-state index contributed by atoms with van der Waals surface area (Å²) in [6.07, 6.45) is 2.71. The van der Waals surface area contributed by atoms with Crippen LogP contribution in [-0.4, -0.2) is 29.8 Å². The van der Waals surface area contributed by atoms with Gasteiger partial charge in [-0.3, -0.25) is 9.59 Å². The monoisotopic (exact) mass is 316 g/mol. The molecule has 0 bridgehead atoms. The average molecular weight is 316 g/mol. The minimum atomic E-state index is -0.394. The summed E-state index contributed by atoms with van der Waals surface area (Å²) in [5.74, 6) is 0.0175. The molecule has 1 saturated heterocycles. The second kappa shape index (κ2) is 7.16. The number of hydrogen-bond donors (Lipinski definition) is 1. The maximum Gasteiger partial charge on any atom is 0.229 e. The van der Waals surface area contributed by atoms with Gasteiger partial charge in [-0.2, -0.15) is 0 Å². The lowest BCUT2D eigenvalue weighted by molar-refractivity contribution is -0.142. The van der Waals surface area contributed by atoms with E-state index in [-0.39, 0.29) is 17.7 Å². The molecule has 0 aromatic heterocycles. The molecule has 0 radical (unpaired) electrons. The zero-order valence-electron chi connectivity index (χ0n) is 14.7. The van der Waals surface area contributed by atoms with Gasteiger partial charge in [-0.15, -0.1) is 0 Å². The van der Waals surface area contributed by atoms with Crippen LogP contribution < -0.4 is 5.32 Å². The molecule has 1 heterocycles. The molecule has 23 heavy (non-hydrogen) atoms. The third-order valence-electron chi connectivity index (χ3n) is 4.35. The quantitative estimate of drug-likeness (QED) is 0.928. The molecule has 0 unspecified atom stereocenters. The van der Waals surface area contributed by atoms with Crippen molar-refractivity contribution >= 4 is 17.5 Å². The first-order valence-electron chi connectivity index (χ1n) is 8.50. The number of amides is 2. The van der Waals surface area contributed by atoms with Crippen molar-refractivity contribution in [2.24, 2.45) is 11.3 Å². The fourth-order valence-corrected chi connectivity index (χ4v) is 2.92. The summed E-state index contributed by atoms with van der Waals surface area (Å²) >= 11 is 0. The standard InChI is InChI=1S/C19H28N2O2/c1-5-14-8-10-16(11-9-14)20-17(22)15-7-6-12-21(13-15)18(23)19(2,3)4/h8-11,15H,5-7,12-13H2,1-4H3,(H,20,22)/t15-/m1/s1. The zero-order valence-corrected chi connectivity index (χ0v) is 14.7. The van der Waals surface area contributed by atoms with Crippen LogP contribution in [-0.2, 0) is 16.0 Å². The average Bonchev–Trinajstić information content (AvgIpc) is 2.54.